The van der Waals surface area contributed by atoms with Gasteiger partial charge in [-0.05, 0) is 12.1 Å². The molecule has 1 amide bonds. The van der Waals surface area contributed by atoms with E-state index in [0.29, 0.717) is 0 Å². The first-order chi connectivity index (χ1) is 12.9. The van der Waals surface area contributed by atoms with Crippen molar-refractivity contribution >= 4 is 21.9 Å². The van der Waals surface area contributed by atoms with Gasteiger partial charge in [-0.1, -0.05) is 18.2 Å². The molecule has 0 saturated carbocycles. The fourth-order valence-corrected chi connectivity index (χ4v) is 5.19. The average molecular weight is 396 g/mol. The van der Waals surface area contributed by atoms with E-state index in [1.807, 2.05) is 0 Å². The zero-order valence-electron chi connectivity index (χ0n) is 15.4. The molecule has 2 aliphatic rings. The van der Waals surface area contributed by atoms with E-state index in [1.165, 1.54) is 28.4 Å². The number of nitrogens with zero attached hydrogens (tertiary/aromatic N) is 2. The molecule has 0 unspecified atom stereocenters. The molecule has 8 nitrogen and oxygen atoms in total. The maximum atomic E-state index is 12.9. The highest BCUT2D eigenvalue weighted by molar-refractivity contribution is 7.89. The summed E-state index contributed by atoms with van der Waals surface area (Å²) in [5.74, 6) is -0.770. The zero-order valence-corrected chi connectivity index (χ0v) is 16.2. The summed E-state index contributed by atoms with van der Waals surface area (Å²) >= 11 is 0. The number of ether oxygens (including phenoxy) is 1. The molecule has 2 saturated heterocycles. The molecule has 2 heterocycles. The number of piperazine rings is 1. The van der Waals surface area contributed by atoms with E-state index in [2.05, 4.69) is 5.32 Å². The van der Waals surface area contributed by atoms with Crippen LogP contribution in [0, 0.1) is 5.92 Å². The number of benzene rings is 1. The Morgan fingerprint density at radius 1 is 1.11 bits per heavy atom. The van der Waals surface area contributed by atoms with E-state index in [9.17, 15) is 18.0 Å². The Balaban J connectivity index is 1.80. The summed E-state index contributed by atoms with van der Waals surface area (Å²) in [5, 5.41) is 2.17. The van der Waals surface area contributed by atoms with Gasteiger partial charge in [-0.2, -0.15) is 4.31 Å². The summed E-state index contributed by atoms with van der Waals surface area (Å²) in [7, 11) is -2.47. The summed E-state index contributed by atoms with van der Waals surface area (Å²) in [6.45, 7) is 2.04. The van der Waals surface area contributed by atoms with Crippen molar-refractivity contribution < 1.29 is 28.1 Å². The van der Waals surface area contributed by atoms with Crippen LogP contribution in [0.15, 0.2) is 35.2 Å². The van der Waals surface area contributed by atoms with Crippen molar-refractivity contribution in [3.63, 3.8) is 0 Å². The van der Waals surface area contributed by atoms with E-state index in [-0.39, 0.29) is 36.4 Å². The fraction of sp³-hybridized carbons (Fsp3) is 0.556. The minimum absolute atomic E-state index is 0.0738. The lowest BCUT2D eigenvalue weighted by Gasteiger charge is -2.40. The molecule has 9 heteroatoms. The number of carbonyl (C=O) groups is 2. The number of hydrogen-bond donors (Lipinski definition) is 1. The minimum Gasteiger partial charge on any atom is -0.467 e. The van der Waals surface area contributed by atoms with Gasteiger partial charge in [0.05, 0.1) is 25.1 Å². The summed E-state index contributed by atoms with van der Waals surface area (Å²) in [5.41, 5.74) is 0. The maximum absolute atomic E-state index is 12.9. The van der Waals surface area contributed by atoms with Crippen LogP contribution in [0.5, 0.6) is 0 Å². The fourth-order valence-electron chi connectivity index (χ4n) is 3.73. The van der Waals surface area contributed by atoms with Crippen LogP contribution < -0.4 is 5.32 Å². The molecule has 0 aromatic heterocycles. The zero-order chi connectivity index (χ0) is 19.4. The molecular formula is C18H26N3O5S+. The van der Waals surface area contributed by atoms with Gasteiger partial charge in [0.25, 0.3) is 0 Å². The first kappa shape index (κ1) is 19.8. The number of quaternary nitrogens is 1. The number of piperidine rings is 1. The van der Waals surface area contributed by atoms with Crippen molar-refractivity contribution in [3.05, 3.63) is 30.3 Å². The molecule has 1 atom stereocenters. The Labute approximate surface area is 159 Å². The lowest BCUT2D eigenvalue weighted by molar-refractivity contribution is -0.664. The van der Waals surface area contributed by atoms with Gasteiger partial charge in [-0.3, -0.25) is 4.79 Å². The minimum atomic E-state index is -3.73. The molecule has 2 N–H and O–H groups in total. The number of amides is 1. The average Bonchev–Trinajstić information content (AvgIpc) is 2.73. The van der Waals surface area contributed by atoms with Gasteiger partial charge in [-0.25, -0.2) is 13.2 Å². The molecule has 1 aromatic carbocycles. The molecule has 2 fully saturated rings. The van der Waals surface area contributed by atoms with Gasteiger partial charge in [0.2, 0.25) is 15.9 Å². The van der Waals surface area contributed by atoms with Crippen LogP contribution in [0.2, 0.25) is 0 Å². The number of carbonyl (C=O) groups excluding carboxylic acids is 2. The number of methoxy groups -OCH3 is 1. The third-order valence-corrected chi connectivity index (χ3v) is 7.15. The monoisotopic (exact) mass is 396 g/mol. The second-order valence-electron chi connectivity index (χ2n) is 6.89. The number of esters is 1. The van der Waals surface area contributed by atoms with Crippen molar-refractivity contribution in [2.45, 2.75) is 23.8 Å². The predicted octanol–water partition coefficient (Wildman–Crippen LogP) is -0.965. The normalized spacial score (nSPS) is 22.4. The number of sulfonamides is 1. The van der Waals surface area contributed by atoms with Gasteiger partial charge in [0.15, 0.2) is 0 Å². The van der Waals surface area contributed by atoms with Crippen LogP contribution in [0.25, 0.3) is 0 Å². The van der Waals surface area contributed by atoms with Crippen LogP contribution >= 0.6 is 0 Å². The molecule has 27 heavy (non-hydrogen) atoms. The van der Waals surface area contributed by atoms with Gasteiger partial charge < -0.3 is 15.0 Å². The molecule has 0 spiro atoms. The number of hydrogen-bond acceptors (Lipinski definition) is 5. The van der Waals surface area contributed by atoms with Gasteiger partial charge in [0.1, 0.15) is 6.04 Å². The Bertz CT molecular complexity index is 777. The summed E-state index contributed by atoms with van der Waals surface area (Å²) in [4.78, 5) is 27.0. The number of rotatable bonds is 4. The van der Waals surface area contributed by atoms with Crippen molar-refractivity contribution in [1.29, 1.82) is 0 Å². The SMILES string of the molecule is COC(=O)[C@@H]1CN(S(=O)(=O)c2ccccc2)CCN1C(=O)C1CC[NH2+]CC1. The lowest BCUT2D eigenvalue weighted by atomic mass is 9.95. The van der Waals surface area contributed by atoms with Crippen LogP contribution in [0.3, 0.4) is 0 Å². The van der Waals surface area contributed by atoms with Crippen LogP contribution in [0.4, 0.5) is 0 Å². The van der Waals surface area contributed by atoms with E-state index in [0.717, 1.165) is 25.9 Å². The Hall–Kier alpha value is -1.97. The summed E-state index contributed by atoms with van der Waals surface area (Å²) < 4.78 is 31.9. The molecule has 1 aromatic rings. The van der Waals surface area contributed by atoms with Gasteiger partial charge in [0, 0.05) is 38.4 Å². The third-order valence-electron chi connectivity index (χ3n) is 5.27. The highest BCUT2D eigenvalue weighted by Gasteiger charge is 2.42. The molecule has 2 aliphatic heterocycles. The highest BCUT2D eigenvalue weighted by atomic mass is 32.2. The van der Waals surface area contributed by atoms with Gasteiger partial charge >= 0.3 is 5.97 Å². The molecule has 0 aliphatic carbocycles. The second kappa shape index (κ2) is 8.37. The highest BCUT2D eigenvalue weighted by Crippen LogP contribution is 2.23. The van der Waals surface area contributed by atoms with Crippen molar-refractivity contribution in [3.8, 4) is 0 Å². The standard InChI is InChI=1S/C18H25N3O5S/c1-26-18(23)16-13-20(27(24,25)15-5-3-2-4-6-15)11-12-21(16)17(22)14-7-9-19-10-8-14/h2-6,14,16,19H,7-13H2,1H3/p+1/t16-/m0/s1. The maximum Gasteiger partial charge on any atom is 0.329 e. The van der Waals surface area contributed by atoms with Crippen molar-refractivity contribution in [1.82, 2.24) is 9.21 Å². The second-order valence-corrected chi connectivity index (χ2v) is 8.82. The Kier molecular flexibility index (Phi) is 6.13. The van der Waals surface area contributed by atoms with Crippen molar-refractivity contribution in [2.24, 2.45) is 5.92 Å². The lowest BCUT2D eigenvalue weighted by Crippen LogP contribution is -2.86. The number of nitrogens with two attached hydrogens (primary N) is 1. The summed E-state index contributed by atoms with van der Waals surface area (Å²) in [6.07, 6.45) is 1.55. The largest absolute Gasteiger partial charge is 0.467 e. The molecule has 3 rings (SSSR count). The van der Waals surface area contributed by atoms with Crippen LogP contribution in [-0.4, -0.2) is 75.4 Å². The summed E-state index contributed by atoms with van der Waals surface area (Å²) in [6, 6.07) is 7.20. The smallest absolute Gasteiger partial charge is 0.329 e. The van der Waals surface area contributed by atoms with Crippen molar-refractivity contribution in [2.75, 3.05) is 39.8 Å². The Morgan fingerprint density at radius 3 is 2.41 bits per heavy atom. The molecule has 0 radical (unpaired) electrons. The first-order valence-electron chi connectivity index (χ1n) is 9.20. The van der Waals surface area contributed by atoms with E-state index >= 15 is 0 Å². The van der Waals surface area contributed by atoms with E-state index in [1.54, 1.807) is 18.2 Å². The predicted molar refractivity (Wildman–Crippen MR) is 97.1 cm³/mol. The van der Waals surface area contributed by atoms with E-state index < -0.39 is 22.0 Å². The molecule has 0 bridgehead atoms. The van der Waals surface area contributed by atoms with E-state index in [4.69, 9.17) is 4.74 Å². The topological polar surface area (TPSA) is 101 Å². The molecular weight excluding hydrogens is 370 g/mol. The quantitative estimate of drug-likeness (QED) is 0.661. The molecule has 148 valence electrons. The Morgan fingerprint density at radius 2 is 1.78 bits per heavy atom. The van der Waals surface area contributed by atoms with Crippen LogP contribution in [0.1, 0.15) is 12.8 Å². The first-order valence-corrected chi connectivity index (χ1v) is 10.6. The van der Waals surface area contributed by atoms with Crippen LogP contribution in [-0.2, 0) is 24.3 Å². The van der Waals surface area contributed by atoms with Gasteiger partial charge in [-0.15, -0.1) is 0 Å². The third kappa shape index (κ3) is 4.15.